The monoisotopic (exact) mass is 391 g/mol. The lowest BCUT2D eigenvalue weighted by Gasteiger charge is -2.07. The molecule has 0 unspecified atom stereocenters. The summed E-state index contributed by atoms with van der Waals surface area (Å²) in [5, 5.41) is 5.74. The van der Waals surface area contributed by atoms with Gasteiger partial charge in [0.25, 0.3) is 5.91 Å². The highest BCUT2D eigenvalue weighted by Crippen LogP contribution is 2.36. The van der Waals surface area contributed by atoms with Gasteiger partial charge in [0, 0.05) is 6.07 Å². The number of hydrogen-bond donors (Lipinski definition) is 2. The van der Waals surface area contributed by atoms with E-state index in [0.717, 1.165) is 4.70 Å². The zero-order valence-electron chi connectivity index (χ0n) is 13.8. The number of thiazole rings is 1. The normalized spacial score (nSPS) is 10.4. The maximum atomic E-state index is 13.7. The Morgan fingerprint density at radius 1 is 1.23 bits per heavy atom. The number of ether oxygens (including phenoxy) is 2. The average molecular weight is 391 g/mol. The van der Waals surface area contributed by atoms with E-state index < -0.39 is 11.7 Å². The van der Waals surface area contributed by atoms with Crippen molar-refractivity contribution in [3.8, 4) is 11.5 Å². The lowest BCUT2D eigenvalue weighted by atomic mass is 10.2. The molecule has 2 N–H and O–H groups in total. The predicted octanol–water partition coefficient (Wildman–Crippen LogP) is 3.58. The summed E-state index contributed by atoms with van der Waals surface area (Å²) in [6, 6.07) is 9.21. The Kier molecular flexibility index (Phi) is 5.29. The fourth-order valence-electron chi connectivity index (χ4n) is 2.25. The highest BCUT2D eigenvalue weighted by atomic mass is 32.1. The Hall–Kier alpha value is -2.78. The van der Waals surface area contributed by atoms with Gasteiger partial charge in [-0.1, -0.05) is 23.5 Å². The molecule has 1 amide bonds. The van der Waals surface area contributed by atoms with Crippen LogP contribution in [0.3, 0.4) is 0 Å². The van der Waals surface area contributed by atoms with Crippen molar-refractivity contribution in [1.82, 2.24) is 10.3 Å². The molecule has 6 nitrogen and oxygen atoms in total. The molecule has 0 aliphatic heterocycles. The van der Waals surface area contributed by atoms with Crippen LogP contribution in [0.1, 0.15) is 10.4 Å². The van der Waals surface area contributed by atoms with Gasteiger partial charge in [0.2, 0.25) is 0 Å². The van der Waals surface area contributed by atoms with Crippen LogP contribution in [0.15, 0.2) is 36.4 Å². The lowest BCUT2D eigenvalue weighted by Crippen LogP contribution is -2.34. The first-order chi connectivity index (χ1) is 12.5. The number of benzene rings is 2. The average Bonchev–Trinajstić information content (AvgIpc) is 3.02. The van der Waals surface area contributed by atoms with Crippen LogP contribution >= 0.6 is 23.6 Å². The van der Waals surface area contributed by atoms with Crippen molar-refractivity contribution >= 4 is 49.9 Å². The fourth-order valence-corrected chi connectivity index (χ4v) is 3.42. The van der Waals surface area contributed by atoms with Gasteiger partial charge in [-0.2, -0.15) is 0 Å². The van der Waals surface area contributed by atoms with Gasteiger partial charge in [0.05, 0.1) is 24.5 Å². The molecule has 0 saturated carbocycles. The van der Waals surface area contributed by atoms with Crippen LogP contribution in [0.5, 0.6) is 11.5 Å². The van der Waals surface area contributed by atoms with E-state index in [4.69, 9.17) is 21.7 Å². The molecule has 0 spiro atoms. The van der Waals surface area contributed by atoms with E-state index in [9.17, 15) is 9.18 Å². The Morgan fingerprint density at radius 2 is 2.00 bits per heavy atom. The summed E-state index contributed by atoms with van der Waals surface area (Å²) in [5.74, 6) is -0.0597. The SMILES string of the molecule is COc1cc(OC)c2nc(NC(=S)NC(=O)c3ccccc3F)sc2c1. The molecule has 1 heterocycles. The third-order valence-electron chi connectivity index (χ3n) is 3.46. The number of fused-ring (bicyclic) bond motifs is 1. The summed E-state index contributed by atoms with van der Waals surface area (Å²) >= 11 is 6.43. The summed E-state index contributed by atoms with van der Waals surface area (Å²) in [6.07, 6.45) is 0. The number of amides is 1. The van der Waals surface area contributed by atoms with Gasteiger partial charge in [-0.15, -0.1) is 0 Å². The summed E-state index contributed by atoms with van der Waals surface area (Å²) in [7, 11) is 3.11. The van der Waals surface area contributed by atoms with E-state index in [1.165, 1.54) is 29.5 Å². The highest BCUT2D eigenvalue weighted by Gasteiger charge is 2.15. The first-order valence-electron chi connectivity index (χ1n) is 7.41. The number of carbonyl (C=O) groups is 1. The number of methoxy groups -OCH3 is 2. The van der Waals surface area contributed by atoms with Crippen LogP contribution in [-0.4, -0.2) is 30.2 Å². The first kappa shape index (κ1) is 18.0. The molecule has 1 aromatic heterocycles. The van der Waals surface area contributed by atoms with E-state index in [1.54, 1.807) is 26.4 Å². The second kappa shape index (κ2) is 7.63. The lowest BCUT2D eigenvalue weighted by molar-refractivity contribution is 0.0974. The standard InChI is InChI=1S/C17H14FN3O3S2/c1-23-9-7-12(24-2)14-13(8-9)26-17(19-14)21-16(25)20-15(22)10-5-3-4-6-11(10)18/h3-8H,1-2H3,(H2,19,20,21,22,25). The molecule has 0 saturated heterocycles. The predicted molar refractivity (Wildman–Crippen MR) is 103 cm³/mol. The number of nitrogens with one attached hydrogen (secondary N) is 2. The zero-order valence-corrected chi connectivity index (χ0v) is 15.5. The van der Waals surface area contributed by atoms with Gasteiger partial charge in [0.1, 0.15) is 22.8 Å². The molecule has 9 heteroatoms. The maximum Gasteiger partial charge on any atom is 0.260 e. The van der Waals surface area contributed by atoms with Gasteiger partial charge in [-0.25, -0.2) is 9.37 Å². The fraction of sp³-hybridized carbons (Fsp3) is 0.118. The minimum absolute atomic E-state index is 0.0169. The second-order valence-corrected chi connectivity index (χ2v) is 6.52. The third kappa shape index (κ3) is 3.73. The number of aromatic nitrogens is 1. The van der Waals surface area contributed by atoms with Gasteiger partial charge >= 0.3 is 0 Å². The Labute approximate surface area is 158 Å². The van der Waals surface area contributed by atoms with Crippen LogP contribution in [0.4, 0.5) is 9.52 Å². The second-order valence-electron chi connectivity index (χ2n) is 5.08. The molecular weight excluding hydrogens is 377 g/mol. The summed E-state index contributed by atoms with van der Waals surface area (Å²) in [6.45, 7) is 0. The molecule has 0 bridgehead atoms. The van der Waals surface area contributed by atoms with E-state index in [0.29, 0.717) is 22.1 Å². The van der Waals surface area contributed by atoms with Crippen LogP contribution in [0.25, 0.3) is 10.2 Å². The number of carbonyl (C=O) groups excluding carboxylic acids is 1. The molecule has 0 atom stereocenters. The topological polar surface area (TPSA) is 72.5 Å². The van der Waals surface area contributed by atoms with Crippen molar-refractivity contribution in [1.29, 1.82) is 0 Å². The molecule has 0 aliphatic rings. The Bertz CT molecular complexity index is 991. The number of hydrogen-bond acceptors (Lipinski definition) is 6. The molecule has 26 heavy (non-hydrogen) atoms. The van der Waals surface area contributed by atoms with E-state index in [-0.39, 0.29) is 10.7 Å². The smallest absolute Gasteiger partial charge is 0.260 e. The molecule has 3 aromatic rings. The Morgan fingerprint density at radius 3 is 2.69 bits per heavy atom. The molecule has 3 rings (SSSR count). The molecule has 0 aliphatic carbocycles. The highest BCUT2D eigenvalue weighted by molar-refractivity contribution is 7.80. The number of nitrogens with zero attached hydrogens (tertiary/aromatic N) is 1. The zero-order chi connectivity index (χ0) is 18.7. The van der Waals surface area contributed by atoms with Crippen molar-refractivity contribution in [3.63, 3.8) is 0 Å². The molecule has 0 fully saturated rings. The number of halogens is 1. The van der Waals surface area contributed by atoms with E-state index in [1.807, 2.05) is 6.07 Å². The largest absolute Gasteiger partial charge is 0.497 e. The van der Waals surface area contributed by atoms with Gasteiger partial charge in [-0.3, -0.25) is 10.1 Å². The van der Waals surface area contributed by atoms with E-state index >= 15 is 0 Å². The van der Waals surface area contributed by atoms with Gasteiger partial charge in [-0.05, 0) is 30.4 Å². The molecule has 2 aromatic carbocycles. The summed E-state index contributed by atoms with van der Waals surface area (Å²) in [5.41, 5.74) is 0.552. The van der Waals surface area contributed by atoms with Crippen LogP contribution in [0.2, 0.25) is 0 Å². The number of thiocarbonyl (C=S) groups is 1. The van der Waals surface area contributed by atoms with Gasteiger partial charge in [0.15, 0.2) is 10.2 Å². The molecule has 0 radical (unpaired) electrons. The number of rotatable bonds is 4. The van der Waals surface area contributed by atoms with Crippen molar-refractivity contribution in [3.05, 3.63) is 47.8 Å². The molecular formula is C17H14FN3O3S2. The van der Waals surface area contributed by atoms with Crippen molar-refractivity contribution in [2.75, 3.05) is 19.5 Å². The van der Waals surface area contributed by atoms with Gasteiger partial charge < -0.3 is 14.8 Å². The van der Waals surface area contributed by atoms with Crippen LogP contribution < -0.4 is 20.1 Å². The van der Waals surface area contributed by atoms with Crippen LogP contribution in [0, 0.1) is 5.82 Å². The van der Waals surface area contributed by atoms with Crippen molar-refractivity contribution < 1.29 is 18.7 Å². The van der Waals surface area contributed by atoms with E-state index in [2.05, 4.69) is 15.6 Å². The minimum atomic E-state index is -0.638. The third-order valence-corrected chi connectivity index (χ3v) is 4.58. The maximum absolute atomic E-state index is 13.7. The first-order valence-corrected chi connectivity index (χ1v) is 8.63. The Balaban J connectivity index is 1.77. The quantitative estimate of drug-likeness (QED) is 0.663. The van der Waals surface area contributed by atoms with Crippen molar-refractivity contribution in [2.24, 2.45) is 0 Å². The van der Waals surface area contributed by atoms with Crippen molar-refractivity contribution in [2.45, 2.75) is 0 Å². The number of anilines is 1. The molecule has 134 valence electrons. The minimum Gasteiger partial charge on any atom is -0.497 e. The summed E-state index contributed by atoms with van der Waals surface area (Å²) < 4.78 is 25.0. The summed E-state index contributed by atoms with van der Waals surface area (Å²) in [4.78, 5) is 16.5. The van der Waals surface area contributed by atoms with Crippen LogP contribution in [-0.2, 0) is 0 Å².